The zero-order valence-electron chi connectivity index (χ0n) is 27.0. The quantitative estimate of drug-likeness (QED) is 0.203. The Morgan fingerprint density at radius 2 is 1.85 bits per heavy atom. The number of piperidine rings is 1. The monoisotopic (exact) mass is 680 g/mol. The molecule has 1 aromatic rings. The Kier molecular flexibility index (Phi) is 5.78. The number of benzene rings is 1. The molecule has 3 saturated heterocycles. The molecule has 3 bridgehead atoms. The maximum Gasteiger partial charge on any atom is 0.270 e. The number of hydrogen-bond donors (Lipinski definition) is 2. The Bertz CT molecular complexity index is 1890. The zero-order valence-corrected chi connectivity index (χ0v) is 27.8. The van der Waals surface area contributed by atoms with Gasteiger partial charge in [-0.1, -0.05) is 32.1 Å². The third kappa shape index (κ3) is 2.88. The summed E-state index contributed by atoms with van der Waals surface area (Å²) in [4.78, 5) is 54.6. The number of carbonyl (C=O) groups is 3. The first kappa shape index (κ1) is 31.2. The first-order chi connectivity index (χ1) is 22.5. The summed E-state index contributed by atoms with van der Waals surface area (Å²) in [5.74, 6) is -5.33. The van der Waals surface area contributed by atoms with Gasteiger partial charge in [0, 0.05) is 48.9 Å². The second-order valence-corrected chi connectivity index (χ2v) is 18.5. The van der Waals surface area contributed by atoms with E-state index in [1.807, 2.05) is 13.8 Å². The van der Waals surface area contributed by atoms with Crippen molar-refractivity contribution < 1.29 is 42.7 Å². The van der Waals surface area contributed by atoms with E-state index in [-0.39, 0.29) is 60.6 Å². The lowest BCUT2D eigenvalue weighted by Gasteiger charge is -2.72. The van der Waals surface area contributed by atoms with Crippen LogP contribution in [0.2, 0.25) is 0 Å². The number of Topliss-reactive ketones (excluding diaryl/α,β-unsaturated/α-hetero) is 3. The first-order valence-electron chi connectivity index (χ1n) is 17.1. The van der Waals surface area contributed by atoms with Crippen LogP contribution in [0.4, 0.5) is 5.69 Å². The van der Waals surface area contributed by atoms with Gasteiger partial charge in [0.25, 0.3) is 5.69 Å². The summed E-state index contributed by atoms with van der Waals surface area (Å²) in [5, 5.41) is 36.1. The van der Waals surface area contributed by atoms with Crippen LogP contribution in [0.3, 0.4) is 0 Å². The minimum atomic E-state index is -4.07. The van der Waals surface area contributed by atoms with Crippen LogP contribution >= 0.6 is 0 Å². The predicted molar refractivity (Wildman–Crippen MR) is 166 cm³/mol. The van der Waals surface area contributed by atoms with E-state index in [1.165, 1.54) is 22.5 Å². The van der Waals surface area contributed by atoms with Crippen LogP contribution in [0.15, 0.2) is 41.3 Å². The van der Waals surface area contributed by atoms with E-state index in [4.69, 9.17) is 4.74 Å². The zero-order chi connectivity index (χ0) is 34.2. The lowest BCUT2D eigenvalue weighted by Crippen LogP contribution is -2.83. The molecular formula is C35H40N2O10S. The number of aliphatic hydroxyl groups excluding tert-OH is 1. The summed E-state index contributed by atoms with van der Waals surface area (Å²) in [5.41, 5.74) is -5.09. The topological polar surface area (TPSA) is 181 Å². The number of sulfonamides is 1. The molecule has 10 rings (SSSR count). The van der Waals surface area contributed by atoms with Crippen LogP contribution in [0, 0.1) is 66.8 Å². The minimum Gasteiger partial charge on any atom is -0.387 e. The number of fused-ring (bicyclic) bond motifs is 2. The number of non-ortho nitro benzene ring substituents is 1. The van der Waals surface area contributed by atoms with E-state index in [9.17, 15) is 38.3 Å². The molecule has 3 heterocycles. The van der Waals surface area contributed by atoms with E-state index >= 15 is 4.79 Å². The van der Waals surface area contributed by atoms with Gasteiger partial charge in [-0.05, 0) is 67.8 Å². The summed E-state index contributed by atoms with van der Waals surface area (Å²) >= 11 is 0. The van der Waals surface area contributed by atoms with Gasteiger partial charge >= 0.3 is 0 Å². The van der Waals surface area contributed by atoms with Crippen LogP contribution in [-0.2, 0) is 29.1 Å². The number of nitro groups is 1. The Morgan fingerprint density at radius 1 is 1.15 bits per heavy atom. The van der Waals surface area contributed by atoms with Crippen molar-refractivity contribution in [2.75, 3.05) is 19.7 Å². The smallest absolute Gasteiger partial charge is 0.270 e. The molecule has 0 aromatic heterocycles. The molecule has 12 nitrogen and oxygen atoms in total. The molecule has 9 fully saturated rings. The molecule has 3 unspecified atom stereocenters. The molecule has 10 atom stereocenters. The second kappa shape index (κ2) is 8.90. The lowest BCUT2D eigenvalue weighted by atomic mass is 9.32. The largest absolute Gasteiger partial charge is 0.387 e. The third-order valence-electron chi connectivity index (χ3n) is 15.0. The second-order valence-electron chi connectivity index (χ2n) is 16.6. The van der Waals surface area contributed by atoms with E-state index in [2.05, 4.69) is 6.58 Å². The molecular weight excluding hydrogens is 640 g/mol. The maximum atomic E-state index is 15.2. The lowest BCUT2D eigenvalue weighted by molar-refractivity contribution is -0.393. The van der Waals surface area contributed by atoms with Crippen LogP contribution < -0.4 is 0 Å². The highest BCUT2D eigenvalue weighted by molar-refractivity contribution is 7.89. The number of allylic oxidation sites excluding steroid dienone is 1. The van der Waals surface area contributed by atoms with Gasteiger partial charge in [-0.3, -0.25) is 24.5 Å². The van der Waals surface area contributed by atoms with Crippen molar-refractivity contribution in [3.05, 3.63) is 46.5 Å². The van der Waals surface area contributed by atoms with Gasteiger partial charge in [-0.2, -0.15) is 4.31 Å². The summed E-state index contributed by atoms with van der Waals surface area (Å²) in [6.45, 7) is 8.27. The highest BCUT2D eigenvalue weighted by atomic mass is 32.2. The van der Waals surface area contributed by atoms with Gasteiger partial charge < -0.3 is 14.9 Å². The van der Waals surface area contributed by atoms with E-state index < -0.39 is 83.4 Å². The van der Waals surface area contributed by atoms with Crippen LogP contribution in [0.5, 0.6) is 0 Å². The van der Waals surface area contributed by atoms with Gasteiger partial charge in [-0.15, -0.1) is 0 Å². The fraction of sp³-hybridized carbons (Fsp3) is 0.686. The third-order valence-corrected chi connectivity index (χ3v) is 16.9. The number of nitro benzene ring substituents is 1. The predicted octanol–water partition coefficient (Wildman–Crippen LogP) is 2.81. The number of carbonyl (C=O) groups excluding carboxylic acids is 3. The molecule has 0 radical (unpaired) electrons. The highest BCUT2D eigenvalue weighted by Gasteiger charge is 3.12. The molecule has 48 heavy (non-hydrogen) atoms. The number of ketones is 3. The van der Waals surface area contributed by atoms with Gasteiger partial charge in [0.2, 0.25) is 15.8 Å². The number of nitrogens with zero attached hydrogens (tertiary/aromatic N) is 2. The fourth-order valence-electron chi connectivity index (χ4n) is 13.1. The summed E-state index contributed by atoms with van der Waals surface area (Å²) in [7, 11) is -4.07. The highest BCUT2D eigenvalue weighted by Crippen LogP contribution is 3.04. The minimum absolute atomic E-state index is 0.00164. The standard InChI is InChI=1S/C35H40N2O10S/c1-18-22-7-8-24-31-16-23(30(2,3)12-9-25(31)38)28(40)35(42,47-17-31)34(24)29(41)32(26(18)33(22,32)34)27(39)19-10-13-36(14-11-19)48(45,46)21-6-4-5-20(15-21)37(43)44/h4-6,15,19,22-24,26,28,40,42H,1,7-14,16-17H2,2-3H3/t22-,23-,24-,26?,28-,31-,32?,33+,34-,35?/m0/s1. The van der Waals surface area contributed by atoms with Crippen molar-refractivity contribution in [1.82, 2.24) is 4.31 Å². The van der Waals surface area contributed by atoms with Gasteiger partial charge in [-0.25, -0.2) is 8.42 Å². The SMILES string of the molecule is C=C1C2C3(C(=O)C4CCN(S(=O)(=O)c5cccc([N+](=O)[O-])c5)CC4)C(=O)[C@@]45[C@@H](CC[C@@H]1[C@@]234)[C@@]12COC5(O)[C@@H](O)[C@H](C1)C(C)(C)CCC2=O. The van der Waals surface area contributed by atoms with Crippen molar-refractivity contribution in [2.45, 2.75) is 75.6 Å². The van der Waals surface area contributed by atoms with Gasteiger partial charge in [0.1, 0.15) is 17.3 Å². The van der Waals surface area contributed by atoms with Crippen molar-refractivity contribution in [1.29, 1.82) is 0 Å². The Balaban J connectivity index is 1.07. The summed E-state index contributed by atoms with van der Waals surface area (Å²) in [6, 6.07) is 4.87. The van der Waals surface area contributed by atoms with Crippen molar-refractivity contribution in [3.8, 4) is 0 Å². The summed E-state index contributed by atoms with van der Waals surface area (Å²) < 4.78 is 34.4. The van der Waals surface area contributed by atoms with Crippen LogP contribution in [-0.4, -0.2) is 76.8 Å². The molecule has 6 saturated carbocycles. The average Bonchev–Trinajstić information content (AvgIpc) is 3.64. The molecule has 3 spiro atoms. The average molecular weight is 681 g/mol. The summed E-state index contributed by atoms with van der Waals surface area (Å²) in [6.07, 6.45) is 1.23. The number of rotatable bonds is 5. The van der Waals surface area contributed by atoms with Crippen LogP contribution in [0.1, 0.15) is 58.8 Å². The maximum absolute atomic E-state index is 15.2. The van der Waals surface area contributed by atoms with Crippen molar-refractivity contribution in [2.24, 2.45) is 56.7 Å². The molecule has 1 aromatic carbocycles. The van der Waals surface area contributed by atoms with Crippen molar-refractivity contribution >= 4 is 33.1 Å². The molecule has 3 aliphatic heterocycles. The fourth-order valence-corrected chi connectivity index (χ4v) is 14.6. The molecule has 2 N–H and O–H groups in total. The van der Waals surface area contributed by atoms with Gasteiger partial charge in [0.05, 0.1) is 27.3 Å². The number of ether oxygens (including phenoxy) is 1. The molecule has 9 aliphatic rings. The van der Waals surface area contributed by atoms with Gasteiger partial charge in [0.15, 0.2) is 11.6 Å². The molecule has 6 aliphatic carbocycles. The molecule has 256 valence electrons. The number of aliphatic hydroxyl groups is 2. The van der Waals surface area contributed by atoms with Crippen molar-refractivity contribution in [3.63, 3.8) is 0 Å². The Hall–Kier alpha value is -2.84. The molecule has 0 amide bonds. The molecule has 13 heteroatoms. The van der Waals surface area contributed by atoms with E-state index in [1.54, 1.807) is 0 Å². The normalized spacial score (nSPS) is 47.0. The Labute approximate surface area is 278 Å². The van der Waals surface area contributed by atoms with Crippen LogP contribution in [0.25, 0.3) is 0 Å². The Morgan fingerprint density at radius 3 is 2.54 bits per heavy atom. The van der Waals surface area contributed by atoms with E-state index in [0.717, 1.165) is 11.6 Å². The number of hydrogen-bond acceptors (Lipinski definition) is 10. The van der Waals surface area contributed by atoms with E-state index in [0.29, 0.717) is 32.1 Å². The first-order valence-corrected chi connectivity index (χ1v) is 18.6.